The number of halogens is 12. The van der Waals surface area contributed by atoms with Crippen molar-refractivity contribution in [3.63, 3.8) is 0 Å². The van der Waals surface area contributed by atoms with Crippen LogP contribution in [-0.4, -0.2) is 90.3 Å². The highest BCUT2D eigenvalue weighted by molar-refractivity contribution is 5.70. The fraction of sp³-hybridized carbons (Fsp3) is 0.397. The number of piperidine rings is 2. The van der Waals surface area contributed by atoms with Gasteiger partial charge in [-0.2, -0.15) is 52.7 Å². The van der Waals surface area contributed by atoms with E-state index >= 15 is 0 Å². The average molecular weight is 1190 g/mol. The lowest BCUT2D eigenvalue weighted by molar-refractivity contribution is -0.145. The van der Waals surface area contributed by atoms with Gasteiger partial charge in [-0.25, -0.2) is 4.79 Å². The molecule has 26 heteroatoms. The summed E-state index contributed by atoms with van der Waals surface area (Å²) in [5.74, 6) is 0. The van der Waals surface area contributed by atoms with E-state index in [4.69, 9.17) is 14.2 Å². The van der Waals surface area contributed by atoms with Gasteiger partial charge >= 0.3 is 30.8 Å². The third kappa shape index (κ3) is 14.1. The molecular formula is C58H58F12N8O6. The summed E-state index contributed by atoms with van der Waals surface area (Å²) in [6, 6.07) is 29.7. The van der Waals surface area contributed by atoms with Gasteiger partial charge in [-0.1, -0.05) is 91.0 Å². The molecule has 6 atom stereocenters. The molecular weight excluding hydrogens is 1130 g/mol. The Labute approximate surface area is 474 Å². The van der Waals surface area contributed by atoms with Gasteiger partial charge in [0, 0.05) is 6.54 Å². The molecule has 0 unspecified atom stereocenters. The summed E-state index contributed by atoms with van der Waals surface area (Å²) in [5, 5.41) is 39.6. The molecule has 9 rings (SSSR count). The predicted molar refractivity (Wildman–Crippen MR) is 278 cm³/mol. The fourth-order valence-electron chi connectivity index (χ4n) is 10.5. The lowest BCUT2D eigenvalue weighted by atomic mass is 9.74. The number of nitrogens with zero attached hydrogens (tertiary/aromatic N) is 7. The van der Waals surface area contributed by atoms with Gasteiger partial charge in [0.15, 0.2) is 0 Å². The summed E-state index contributed by atoms with van der Waals surface area (Å²) in [6.07, 6.45) is -15.8. The molecule has 2 fully saturated rings. The van der Waals surface area contributed by atoms with Crippen molar-refractivity contribution in [3.8, 4) is 0 Å². The van der Waals surface area contributed by atoms with E-state index in [1.807, 2.05) is 36.4 Å². The third-order valence-corrected chi connectivity index (χ3v) is 15.6. The Morgan fingerprint density at radius 2 is 0.952 bits per heavy atom. The van der Waals surface area contributed by atoms with Gasteiger partial charge in [0.25, 0.3) is 0 Å². The number of aliphatic hydroxyl groups excluding tert-OH is 2. The number of amides is 1. The van der Waals surface area contributed by atoms with E-state index < -0.39 is 94.0 Å². The normalized spacial score (nSPS) is 22.2. The summed E-state index contributed by atoms with van der Waals surface area (Å²) in [7, 11) is 0. The Morgan fingerprint density at radius 1 is 0.548 bits per heavy atom. The number of rotatable bonds is 16. The summed E-state index contributed by atoms with van der Waals surface area (Å²) >= 11 is 0. The molecule has 0 aliphatic carbocycles. The molecule has 0 radical (unpaired) electrons. The molecule has 0 spiro atoms. The number of nitrogens with one attached hydrogen (secondary N) is 1. The Morgan fingerprint density at radius 3 is 1.37 bits per heavy atom. The summed E-state index contributed by atoms with van der Waals surface area (Å²) in [4.78, 5) is 15.4. The second kappa shape index (κ2) is 25.1. The van der Waals surface area contributed by atoms with Crippen molar-refractivity contribution in [1.29, 1.82) is 0 Å². The molecule has 0 bridgehead atoms. The first kappa shape index (κ1) is 62.7. The van der Waals surface area contributed by atoms with Gasteiger partial charge in [0.1, 0.15) is 31.9 Å². The minimum Gasteiger partial charge on any atom is -0.445 e. The van der Waals surface area contributed by atoms with Crippen LogP contribution in [0.25, 0.3) is 0 Å². The maximum atomic E-state index is 14.0. The molecule has 1 amide bonds. The number of carbonyl (C=O) groups is 1. The zero-order chi connectivity index (χ0) is 60.8. The van der Waals surface area contributed by atoms with E-state index in [0.29, 0.717) is 54.8 Å². The van der Waals surface area contributed by atoms with Crippen LogP contribution in [0.3, 0.4) is 0 Å². The standard InChI is InChI=1S/C33H32F6N4O4.C25H26F6N4O2/c1-23(25-14-27(32(34,35)36)16-28(15-25)33(37,38)39)47-20-31(26-10-6-3-7-11-26)13-12-30(19-44,42-21-40-41-22-42)18-43(31)29(45)46-17-24-8-4-2-5-9-24;1-17(18-9-20(24(26,27)28)11-21(10-18)25(29,30)31)37-14-23(19-5-3-2-4-6-19)8-7-22(13-36,12-32-23)35-15-33-34-16-35/h2-11,14-16,21-23,44H,12-13,17-20H2,1H3;2-6,9-11,15-17,32,36H,7-8,12-14H2,1H3/t23-,30-,31-;17-,22-,23-/m11/s1. The molecule has 3 N–H and O–H groups in total. The Hall–Kier alpha value is -7.39. The zero-order valence-electron chi connectivity index (χ0n) is 45.1. The monoisotopic (exact) mass is 1190 g/mol. The summed E-state index contributed by atoms with van der Waals surface area (Å²) in [6.45, 7) is 1.95. The van der Waals surface area contributed by atoms with Crippen LogP contribution in [0.2, 0.25) is 0 Å². The van der Waals surface area contributed by atoms with E-state index in [1.165, 1.54) is 44.1 Å². The minimum absolute atomic E-state index is 0.0283. The number of hydrogen-bond acceptors (Lipinski definition) is 11. The fourth-order valence-corrected chi connectivity index (χ4v) is 10.5. The maximum absolute atomic E-state index is 14.0. The van der Waals surface area contributed by atoms with Crippen LogP contribution in [0.1, 0.15) is 102 Å². The molecule has 2 saturated heterocycles. The van der Waals surface area contributed by atoms with Crippen LogP contribution in [0, 0.1) is 0 Å². The number of hydrogen-bond donors (Lipinski definition) is 3. The quantitative estimate of drug-likeness (QED) is 0.0790. The third-order valence-electron chi connectivity index (χ3n) is 15.6. The van der Waals surface area contributed by atoms with Gasteiger partial charge in [-0.05, 0) is 104 Å². The smallest absolute Gasteiger partial charge is 0.416 e. The Kier molecular flexibility index (Phi) is 18.7. The second-order valence-electron chi connectivity index (χ2n) is 20.9. The van der Waals surface area contributed by atoms with Crippen LogP contribution in [-0.2, 0) is 67.7 Å². The Balaban J connectivity index is 0.000000225. The first-order valence-corrected chi connectivity index (χ1v) is 26.2. The summed E-state index contributed by atoms with van der Waals surface area (Å²) in [5.41, 5.74) is -7.97. The molecule has 14 nitrogen and oxygen atoms in total. The van der Waals surface area contributed by atoms with Crippen LogP contribution in [0.15, 0.2) is 153 Å². The first-order chi connectivity index (χ1) is 39.7. The number of alkyl halides is 12. The summed E-state index contributed by atoms with van der Waals surface area (Å²) < 4.78 is 183. The van der Waals surface area contributed by atoms with Crippen molar-refractivity contribution in [2.24, 2.45) is 0 Å². The largest absolute Gasteiger partial charge is 0.445 e. The van der Waals surface area contributed by atoms with Crippen molar-refractivity contribution < 1.29 is 81.9 Å². The van der Waals surface area contributed by atoms with Crippen molar-refractivity contribution in [1.82, 2.24) is 39.7 Å². The lowest BCUT2D eigenvalue weighted by Gasteiger charge is -2.53. The molecule has 5 aromatic carbocycles. The van der Waals surface area contributed by atoms with Crippen LogP contribution in [0.4, 0.5) is 57.5 Å². The van der Waals surface area contributed by atoms with E-state index in [1.54, 1.807) is 63.7 Å². The number of likely N-dealkylation sites (tertiary alicyclic amines) is 1. The number of aromatic nitrogens is 6. The number of ether oxygens (including phenoxy) is 3. The highest BCUT2D eigenvalue weighted by atomic mass is 19.4. The van der Waals surface area contributed by atoms with Crippen molar-refractivity contribution in [3.05, 3.63) is 203 Å². The molecule has 84 heavy (non-hydrogen) atoms. The van der Waals surface area contributed by atoms with Crippen molar-refractivity contribution >= 4 is 6.09 Å². The van der Waals surface area contributed by atoms with Gasteiger partial charge in [-0.15, -0.1) is 20.4 Å². The molecule has 7 aromatic rings. The minimum atomic E-state index is -5.03. The van der Waals surface area contributed by atoms with E-state index in [2.05, 4.69) is 25.7 Å². The molecule has 450 valence electrons. The Bertz CT molecular complexity index is 3170. The second-order valence-corrected chi connectivity index (χ2v) is 20.9. The van der Waals surface area contributed by atoms with Crippen molar-refractivity contribution in [2.45, 2.75) is 105 Å². The van der Waals surface area contributed by atoms with Crippen LogP contribution >= 0.6 is 0 Å². The van der Waals surface area contributed by atoms with Crippen LogP contribution in [0.5, 0.6) is 0 Å². The van der Waals surface area contributed by atoms with Crippen LogP contribution < -0.4 is 5.32 Å². The highest BCUT2D eigenvalue weighted by Crippen LogP contribution is 2.47. The van der Waals surface area contributed by atoms with Gasteiger partial charge in [0.2, 0.25) is 0 Å². The van der Waals surface area contributed by atoms with E-state index in [-0.39, 0.29) is 69.1 Å². The predicted octanol–water partition coefficient (Wildman–Crippen LogP) is 12.2. The highest BCUT2D eigenvalue weighted by Gasteiger charge is 2.53. The molecule has 4 heterocycles. The lowest BCUT2D eigenvalue weighted by Crippen LogP contribution is -2.63. The number of benzene rings is 5. The van der Waals surface area contributed by atoms with Gasteiger partial charge in [0.05, 0.1) is 89.6 Å². The van der Waals surface area contributed by atoms with E-state index in [0.717, 1.165) is 5.56 Å². The number of aliphatic hydroxyl groups is 2. The topological polar surface area (TPSA) is 162 Å². The number of carbonyl (C=O) groups excluding carboxylic acids is 1. The van der Waals surface area contributed by atoms with Gasteiger partial charge in [-0.3, -0.25) is 4.90 Å². The van der Waals surface area contributed by atoms with E-state index in [9.17, 15) is 67.7 Å². The molecule has 2 aliphatic rings. The zero-order valence-corrected chi connectivity index (χ0v) is 45.1. The maximum Gasteiger partial charge on any atom is 0.416 e. The van der Waals surface area contributed by atoms with Gasteiger partial charge < -0.3 is 38.9 Å². The first-order valence-electron chi connectivity index (χ1n) is 26.2. The SMILES string of the molecule is C[C@@H](OC[C@@]1(c2ccccc2)CC[C@@](CO)(n2cnnc2)CN1)c1cc(C(F)(F)F)cc(C(F)(F)F)c1.C[C@@H](OC[C@@]1(c2ccccc2)CC[C@@](CO)(n2cnnc2)CN1C(=O)OCc1ccccc1)c1cc(C(F)(F)F)cc(C(F)(F)F)c1. The van der Waals surface area contributed by atoms with Crippen molar-refractivity contribution in [2.75, 3.05) is 39.5 Å². The molecule has 2 aliphatic heterocycles. The molecule has 0 saturated carbocycles. The average Bonchev–Trinajstić information content (AvgIpc) is 2.52. The molecule has 2 aromatic heterocycles.